The number of unbranched alkanes of at least 4 members (excludes halogenated alkanes) is 1. The van der Waals surface area contributed by atoms with Crippen LogP contribution in [0, 0.1) is 11.8 Å². The molecule has 6 N–H and O–H groups in total. The fraction of sp³-hybridized carbons (Fsp3) is 0.679. The largest absolute Gasteiger partial charge is 0.494 e. The van der Waals surface area contributed by atoms with Gasteiger partial charge in [-0.2, -0.15) is 0 Å². The number of rotatable bonds is 18. The summed E-state index contributed by atoms with van der Waals surface area (Å²) in [5, 5.41) is 17.2. The monoisotopic (exact) mass is 534 g/mol. The number of nitrogens with one attached hydrogen (secondary N) is 3. The molecular weight excluding hydrogens is 488 g/mol. The summed E-state index contributed by atoms with van der Waals surface area (Å²) in [4.78, 5) is 36.0. The van der Waals surface area contributed by atoms with Crippen molar-refractivity contribution >= 4 is 17.9 Å². The number of carbonyl (C=O) groups excluding carboxylic acids is 2. The Morgan fingerprint density at radius 3 is 2.37 bits per heavy atom. The van der Waals surface area contributed by atoms with Gasteiger partial charge in [-0.1, -0.05) is 32.9 Å². The van der Waals surface area contributed by atoms with Gasteiger partial charge >= 0.3 is 12.0 Å². The molecule has 2 rings (SSSR count). The normalized spacial score (nSPS) is 18.2. The van der Waals surface area contributed by atoms with Gasteiger partial charge in [0, 0.05) is 12.6 Å². The molecule has 10 nitrogen and oxygen atoms in total. The fourth-order valence-corrected chi connectivity index (χ4v) is 4.24. The highest BCUT2D eigenvalue weighted by Crippen LogP contribution is 2.30. The van der Waals surface area contributed by atoms with E-state index in [4.69, 9.17) is 15.2 Å². The van der Waals surface area contributed by atoms with Crippen LogP contribution in [0.25, 0.3) is 0 Å². The van der Waals surface area contributed by atoms with Crippen LogP contribution in [0.2, 0.25) is 0 Å². The van der Waals surface area contributed by atoms with E-state index in [0.717, 1.165) is 37.9 Å². The second-order valence-corrected chi connectivity index (χ2v) is 10.4. The first-order valence-electron chi connectivity index (χ1n) is 13.8. The molecule has 214 valence electrons. The van der Waals surface area contributed by atoms with Gasteiger partial charge in [0.05, 0.1) is 25.8 Å². The standard InChI is InChI=1S/C28H46N4O6/c1-4-20-7-10-23(11-8-20)38-14-6-5-13-37-18-25(19(2)3)31-26(33)17-30-28(36)32-24(27(34)35)12-9-21-15-22(29)16-21/h7-8,10-11,19,21-22,24-25H,4-6,9,12-18,29H2,1-3H3,(H,31,33)(H,34,35)(H2,30,32,36)/t21?,22?,24?,25-/m1/s1. The van der Waals surface area contributed by atoms with E-state index in [1.54, 1.807) is 0 Å². The number of benzene rings is 1. The minimum absolute atomic E-state index is 0.137. The van der Waals surface area contributed by atoms with Crippen molar-refractivity contribution in [3.8, 4) is 5.75 Å². The molecule has 0 radical (unpaired) electrons. The van der Waals surface area contributed by atoms with Crippen LogP contribution in [0.3, 0.4) is 0 Å². The molecule has 0 bridgehead atoms. The Morgan fingerprint density at radius 2 is 1.76 bits per heavy atom. The molecule has 0 heterocycles. The third-order valence-electron chi connectivity index (χ3n) is 6.88. The third-order valence-corrected chi connectivity index (χ3v) is 6.88. The summed E-state index contributed by atoms with van der Waals surface area (Å²) >= 11 is 0. The zero-order valence-electron chi connectivity index (χ0n) is 23.0. The second kappa shape index (κ2) is 16.9. The van der Waals surface area contributed by atoms with Gasteiger partial charge in [0.25, 0.3) is 0 Å². The number of amides is 3. The van der Waals surface area contributed by atoms with E-state index in [-0.39, 0.29) is 30.5 Å². The lowest BCUT2D eigenvalue weighted by molar-refractivity contribution is -0.139. The zero-order chi connectivity index (χ0) is 27.9. The summed E-state index contributed by atoms with van der Waals surface area (Å²) in [5.74, 6) is -0.0410. The van der Waals surface area contributed by atoms with E-state index in [1.165, 1.54) is 5.56 Å². The minimum atomic E-state index is -1.09. The molecule has 1 saturated carbocycles. The zero-order valence-corrected chi connectivity index (χ0v) is 23.0. The Hall–Kier alpha value is -2.85. The third kappa shape index (κ3) is 12.1. The summed E-state index contributed by atoms with van der Waals surface area (Å²) in [6, 6.07) is 6.43. The summed E-state index contributed by atoms with van der Waals surface area (Å²) in [6.45, 7) is 7.37. The predicted molar refractivity (Wildman–Crippen MR) is 146 cm³/mol. The molecule has 2 atom stereocenters. The molecule has 1 aromatic rings. The topological polar surface area (TPSA) is 152 Å². The number of nitrogens with two attached hydrogens (primary N) is 1. The van der Waals surface area contributed by atoms with E-state index in [2.05, 4.69) is 35.0 Å². The number of urea groups is 1. The average molecular weight is 535 g/mol. The molecule has 0 aromatic heterocycles. The van der Waals surface area contributed by atoms with Crippen molar-refractivity contribution in [1.82, 2.24) is 16.0 Å². The van der Waals surface area contributed by atoms with Crippen molar-refractivity contribution < 1.29 is 29.0 Å². The van der Waals surface area contributed by atoms with Gasteiger partial charge in [-0.15, -0.1) is 0 Å². The Bertz CT molecular complexity index is 857. The molecule has 0 saturated heterocycles. The van der Waals surface area contributed by atoms with Crippen molar-refractivity contribution in [2.24, 2.45) is 17.6 Å². The van der Waals surface area contributed by atoms with Gasteiger partial charge in [0.15, 0.2) is 0 Å². The lowest BCUT2D eigenvalue weighted by atomic mass is 9.77. The maximum atomic E-state index is 12.4. The van der Waals surface area contributed by atoms with Crippen LogP contribution >= 0.6 is 0 Å². The summed E-state index contributed by atoms with van der Waals surface area (Å²) in [6.07, 6.45) is 5.51. The molecule has 1 unspecified atom stereocenters. The molecular formula is C28H46N4O6. The van der Waals surface area contributed by atoms with Gasteiger partial charge in [-0.25, -0.2) is 9.59 Å². The van der Waals surface area contributed by atoms with Crippen molar-refractivity contribution in [2.45, 2.75) is 83.8 Å². The molecule has 1 fully saturated rings. The number of aryl methyl sites for hydroxylation is 1. The number of carboxylic acids is 1. The van der Waals surface area contributed by atoms with Crippen LogP contribution in [0.4, 0.5) is 4.79 Å². The van der Waals surface area contributed by atoms with Crippen LogP contribution in [0.5, 0.6) is 5.75 Å². The lowest BCUT2D eigenvalue weighted by Crippen LogP contribution is -2.50. The van der Waals surface area contributed by atoms with E-state index in [9.17, 15) is 19.5 Å². The van der Waals surface area contributed by atoms with E-state index in [0.29, 0.717) is 38.6 Å². The van der Waals surface area contributed by atoms with E-state index >= 15 is 0 Å². The Labute approximate surface area is 226 Å². The van der Waals surface area contributed by atoms with Crippen molar-refractivity contribution in [3.05, 3.63) is 29.8 Å². The van der Waals surface area contributed by atoms with Gasteiger partial charge in [0.2, 0.25) is 5.91 Å². The summed E-state index contributed by atoms with van der Waals surface area (Å²) in [7, 11) is 0. The van der Waals surface area contributed by atoms with Crippen LogP contribution in [-0.2, 0) is 20.7 Å². The van der Waals surface area contributed by atoms with Crippen LogP contribution in [-0.4, -0.2) is 67.5 Å². The molecule has 1 aliphatic carbocycles. The smallest absolute Gasteiger partial charge is 0.326 e. The molecule has 38 heavy (non-hydrogen) atoms. The Morgan fingerprint density at radius 1 is 1.08 bits per heavy atom. The maximum Gasteiger partial charge on any atom is 0.326 e. The number of hydrogen-bond acceptors (Lipinski definition) is 6. The first-order chi connectivity index (χ1) is 18.2. The number of carboxylic acid groups (broad SMARTS) is 1. The van der Waals surface area contributed by atoms with Gasteiger partial charge in [-0.3, -0.25) is 4.79 Å². The average Bonchev–Trinajstić information content (AvgIpc) is 2.87. The SMILES string of the molecule is CCc1ccc(OCCCCOC[C@@H](NC(=O)CNC(=O)NC(CCC2CC(N)C2)C(=O)O)C(C)C)cc1. The number of hydrogen-bond donors (Lipinski definition) is 5. The number of carbonyl (C=O) groups is 3. The van der Waals surface area contributed by atoms with Crippen LogP contribution in [0.1, 0.15) is 64.9 Å². The quantitative estimate of drug-likeness (QED) is 0.182. The first-order valence-corrected chi connectivity index (χ1v) is 13.8. The highest BCUT2D eigenvalue weighted by Gasteiger charge is 2.28. The Kier molecular flexibility index (Phi) is 13.9. The molecule has 1 aromatic carbocycles. The highest BCUT2D eigenvalue weighted by atomic mass is 16.5. The first kappa shape index (κ1) is 31.4. The number of aliphatic carboxylic acids is 1. The molecule has 0 spiro atoms. The van der Waals surface area contributed by atoms with Gasteiger partial charge in [-0.05, 0) is 74.5 Å². The predicted octanol–water partition coefficient (Wildman–Crippen LogP) is 2.84. The van der Waals surface area contributed by atoms with E-state index in [1.807, 2.05) is 26.0 Å². The molecule has 3 amide bonds. The van der Waals surface area contributed by atoms with Crippen molar-refractivity contribution in [1.29, 1.82) is 0 Å². The van der Waals surface area contributed by atoms with Crippen molar-refractivity contribution in [3.63, 3.8) is 0 Å². The maximum absolute atomic E-state index is 12.4. The van der Waals surface area contributed by atoms with Crippen molar-refractivity contribution in [2.75, 3.05) is 26.4 Å². The van der Waals surface area contributed by atoms with Gasteiger partial charge < -0.3 is 36.3 Å². The number of ether oxygens (including phenoxy) is 2. The summed E-state index contributed by atoms with van der Waals surface area (Å²) < 4.78 is 11.5. The van der Waals surface area contributed by atoms with Crippen LogP contribution in [0.15, 0.2) is 24.3 Å². The lowest BCUT2D eigenvalue weighted by Gasteiger charge is -2.33. The van der Waals surface area contributed by atoms with Crippen LogP contribution < -0.4 is 26.4 Å². The molecule has 1 aliphatic rings. The second-order valence-electron chi connectivity index (χ2n) is 10.4. The molecule has 0 aliphatic heterocycles. The van der Waals surface area contributed by atoms with Gasteiger partial charge in [0.1, 0.15) is 11.8 Å². The Balaban J connectivity index is 1.58. The molecule has 10 heteroatoms. The summed E-state index contributed by atoms with van der Waals surface area (Å²) in [5.41, 5.74) is 7.05. The van der Waals surface area contributed by atoms with E-state index < -0.39 is 18.0 Å². The minimum Gasteiger partial charge on any atom is -0.494 e. The highest BCUT2D eigenvalue weighted by molar-refractivity contribution is 5.86. The fourth-order valence-electron chi connectivity index (χ4n) is 4.24.